The highest BCUT2D eigenvalue weighted by molar-refractivity contribution is 6.43. The van der Waals surface area contributed by atoms with E-state index in [-0.39, 0.29) is 0 Å². The van der Waals surface area contributed by atoms with Gasteiger partial charge in [0.25, 0.3) is 11.7 Å². The van der Waals surface area contributed by atoms with Gasteiger partial charge < -0.3 is 24.2 Å². The summed E-state index contributed by atoms with van der Waals surface area (Å²) < 4.78 is 10.7. The molecule has 0 aliphatic carbocycles. The van der Waals surface area contributed by atoms with Crippen LogP contribution in [0.15, 0.2) is 42.5 Å². The average molecular weight is 454 g/mol. The van der Waals surface area contributed by atoms with Crippen LogP contribution in [0.5, 0.6) is 11.5 Å². The Labute approximate surface area is 196 Å². The van der Waals surface area contributed by atoms with Crippen LogP contribution in [0.3, 0.4) is 0 Å². The molecule has 0 radical (unpaired) electrons. The molecule has 7 heteroatoms. The Morgan fingerprint density at radius 2 is 1.58 bits per heavy atom. The predicted molar refractivity (Wildman–Crippen MR) is 131 cm³/mol. The summed E-state index contributed by atoms with van der Waals surface area (Å²) in [4.78, 5) is 31.9. The fraction of sp³-hybridized carbons (Fsp3) is 0.462. The van der Waals surface area contributed by atoms with E-state index >= 15 is 0 Å². The molecule has 1 amide bonds. The zero-order valence-corrected chi connectivity index (χ0v) is 20.2. The summed E-state index contributed by atoms with van der Waals surface area (Å²) in [6.45, 7) is 3.94. The maximum absolute atomic E-state index is 12.8. The van der Waals surface area contributed by atoms with Gasteiger partial charge in [0.15, 0.2) is 11.5 Å². The van der Waals surface area contributed by atoms with Crippen LogP contribution >= 0.6 is 0 Å². The molecule has 1 aliphatic heterocycles. The summed E-state index contributed by atoms with van der Waals surface area (Å²) in [6, 6.07) is 13.8. The summed E-state index contributed by atoms with van der Waals surface area (Å²) in [6.07, 6.45) is 2.50. The van der Waals surface area contributed by atoms with E-state index in [9.17, 15) is 9.59 Å². The number of ether oxygens (including phenoxy) is 2. The summed E-state index contributed by atoms with van der Waals surface area (Å²) in [5.41, 5.74) is 2.47. The van der Waals surface area contributed by atoms with Gasteiger partial charge in [-0.25, -0.2) is 0 Å². The average Bonchev–Trinajstić information content (AvgIpc) is 2.95. The van der Waals surface area contributed by atoms with Crippen LogP contribution in [-0.2, 0) is 11.2 Å². The van der Waals surface area contributed by atoms with E-state index in [4.69, 9.17) is 9.47 Å². The lowest BCUT2D eigenvalue weighted by Crippen LogP contribution is -2.38. The van der Waals surface area contributed by atoms with E-state index in [0.29, 0.717) is 36.6 Å². The van der Waals surface area contributed by atoms with Crippen LogP contribution in [0.1, 0.15) is 28.8 Å². The molecule has 0 aromatic heterocycles. The molecule has 0 fully saturated rings. The number of anilines is 1. The molecule has 33 heavy (non-hydrogen) atoms. The highest BCUT2D eigenvalue weighted by Crippen LogP contribution is 2.32. The Balaban J connectivity index is 1.46. The minimum absolute atomic E-state index is 0.416. The third-order valence-corrected chi connectivity index (χ3v) is 6.18. The van der Waals surface area contributed by atoms with Crippen LogP contribution in [0.2, 0.25) is 0 Å². The van der Waals surface area contributed by atoms with E-state index in [1.54, 1.807) is 18.1 Å². The number of para-hydroxylation sites is 1. The number of Topliss-reactive ketones (excluding diaryl/α,β-unsaturated/α-hetero) is 1. The molecule has 1 aliphatic rings. The first-order valence-electron chi connectivity index (χ1n) is 11.5. The molecule has 178 valence electrons. The zero-order chi connectivity index (χ0) is 23.8. The molecule has 0 saturated carbocycles. The summed E-state index contributed by atoms with van der Waals surface area (Å²) in [5.74, 6) is 0.128. The Morgan fingerprint density at radius 1 is 0.909 bits per heavy atom. The molecular formula is C26H35N3O4. The topological polar surface area (TPSA) is 62.3 Å². The molecule has 0 spiro atoms. The molecule has 1 heterocycles. The van der Waals surface area contributed by atoms with Gasteiger partial charge in [0.1, 0.15) is 0 Å². The van der Waals surface area contributed by atoms with Crippen molar-refractivity contribution in [3.8, 4) is 11.5 Å². The number of fused-ring (bicyclic) bond motifs is 1. The van der Waals surface area contributed by atoms with E-state index in [1.807, 2.05) is 12.1 Å². The Hall–Kier alpha value is -3.06. The molecule has 3 rings (SSSR count). The quantitative estimate of drug-likeness (QED) is 0.487. The van der Waals surface area contributed by atoms with Crippen molar-refractivity contribution in [3.05, 3.63) is 53.6 Å². The number of ketones is 1. The third-order valence-electron chi connectivity index (χ3n) is 6.18. The van der Waals surface area contributed by atoms with Crippen molar-refractivity contribution in [1.82, 2.24) is 9.80 Å². The van der Waals surface area contributed by atoms with Crippen molar-refractivity contribution in [2.45, 2.75) is 19.3 Å². The van der Waals surface area contributed by atoms with Gasteiger partial charge in [-0.05, 0) is 69.2 Å². The van der Waals surface area contributed by atoms with Gasteiger partial charge in [0, 0.05) is 37.9 Å². The van der Waals surface area contributed by atoms with E-state index in [1.165, 1.54) is 12.8 Å². The van der Waals surface area contributed by atoms with Crippen molar-refractivity contribution in [2.24, 2.45) is 0 Å². The van der Waals surface area contributed by atoms with Gasteiger partial charge in [-0.3, -0.25) is 9.59 Å². The van der Waals surface area contributed by atoms with E-state index in [2.05, 4.69) is 48.2 Å². The number of hydrogen-bond donors (Lipinski definition) is 0. The van der Waals surface area contributed by atoms with Crippen molar-refractivity contribution in [1.29, 1.82) is 0 Å². The number of rotatable bonds is 11. The number of nitrogens with zero attached hydrogens (tertiary/aromatic N) is 3. The first kappa shape index (κ1) is 24.6. The second-order valence-corrected chi connectivity index (χ2v) is 8.50. The lowest BCUT2D eigenvalue weighted by Gasteiger charge is -2.23. The maximum Gasteiger partial charge on any atom is 0.294 e. The van der Waals surface area contributed by atoms with Crippen LogP contribution in [0, 0.1) is 0 Å². The van der Waals surface area contributed by atoms with Gasteiger partial charge in [-0.1, -0.05) is 18.2 Å². The van der Waals surface area contributed by atoms with Gasteiger partial charge in [0.2, 0.25) is 0 Å². The van der Waals surface area contributed by atoms with Crippen LogP contribution in [-0.4, -0.2) is 82.5 Å². The standard InChI is InChI=1S/C26H35N3O4/c1-27(13-8-15-28(2)21-10-6-5-7-11-21)14-9-16-29-17-12-20-18-23(32-3)24(33-4)19-22(20)25(30)26(29)31/h5-7,10-11,18-19H,8-9,12-17H2,1-4H3. The summed E-state index contributed by atoms with van der Waals surface area (Å²) >= 11 is 0. The fourth-order valence-electron chi connectivity index (χ4n) is 4.20. The molecule has 0 bridgehead atoms. The zero-order valence-electron chi connectivity index (χ0n) is 20.2. The second kappa shape index (κ2) is 11.7. The third kappa shape index (κ3) is 6.26. The first-order chi connectivity index (χ1) is 15.9. The fourth-order valence-corrected chi connectivity index (χ4v) is 4.20. The highest BCUT2D eigenvalue weighted by atomic mass is 16.5. The minimum atomic E-state index is -0.472. The first-order valence-corrected chi connectivity index (χ1v) is 11.5. The second-order valence-electron chi connectivity index (χ2n) is 8.50. The van der Waals surface area contributed by atoms with Crippen molar-refractivity contribution >= 4 is 17.4 Å². The summed E-state index contributed by atoms with van der Waals surface area (Å²) in [7, 11) is 7.30. The highest BCUT2D eigenvalue weighted by Gasteiger charge is 2.30. The molecule has 2 aromatic rings. The largest absolute Gasteiger partial charge is 0.493 e. The maximum atomic E-state index is 12.8. The lowest BCUT2D eigenvalue weighted by molar-refractivity contribution is -0.126. The Morgan fingerprint density at radius 3 is 2.27 bits per heavy atom. The van der Waals surface area contributed by atoms with Crippen molar-refractivity contribution < 1.29 is 19.1 Å². The molecule has 7 nitrogen and oxygen atoms in total. The lowest BCUT2D eigenvalue weighted by atomic mass is 10.0. The number of benzene rings is 2. The number of amides is 1. The normalized spacial score (nSPS) is 13.7. The molecule has 0 saturated heterocycles. The number of carbonyl (C=O) groups excluding carboxylic acids is 2. The minimum Gasteiger partial charge on any atom is -0.493 e. The van der Waals surface area contributed by atoms with Crippen molar-refractivity contribution in [2.75, 3.05) is 65.9 Å². The number of methoxy groups -OCH3 is 2. The van der Waals surface area contributed by atoms with Gasteiger partial charge >= 0.3 is 0 Å². The molecule has 2 aromatic carbocycles. The van der Waals surface area contributed by atoms with Gasteiger partial charge in [-0.2, -0.15) is 0 Å². The van der Waals surface area contributed by atoms with Gasteiger partial charge in [0.05, 0.1) is 14.2 Å². The van der Waals surface area contributed by atoms with Crippen molar-refractivity contribution in [3.63, 3.8) is 0 Å². The van der Waals surface area contributed by atoms with E-state index < -0.39 is 11.7 Å². The molecule has 0 atom stereocenters. The number of hydrogen-bond acceptors (Lipinski definition) is 6. The van der Waals surface area contributed by atoms with Crippen LogP contribution in [0.25, 0.3) is 0 Å². The Bertz CT molecular complexity index is 948. The SMILES string of the molecule is COc1cc2c(cc1OC)C(=O)C(=O)N(CCCN(C)CCCN(C)c1ccccc1)CC2. The Kier molecular flexibility index (Phi) is 8.72. The summed E-state index contributed by atoms with van der Waals surface area (Å²) in [5, 5.41) is 0. The number of carbonyl (C=O) groups is 2. The molecular weight excluding hydrogens is 418 g/mol. The van der Waals surface area contributed by atoms with E-state index in [0.717, 1.165) is 38.0 Å². The molecule has 0 N–H and O–H groups in total. The predicted octanol–water partition coefficient (Wildman–Crippen LogP) is 3.12. The smallest absolute Gasteiger partial charge is 0.294 e. The monoisotopic (exact) mass is 453 g/mol. The van der Waals surface area contributed by atoms with Crippen LogP contribution in [0.4, 0.5) is 5.69 Å². The molecule has 0 unspecified atom stereocenters. The van der Waals surface area contributed by atoms with Crippen LogP contribution < -0.4 is 14.4 Å². The van der Waals surface area contributed by atoms with Gasteiger partial charge in [-0.15, -0.1) is 0 Å².